The van der Waals surface area contributed by atoms with Gasteiger partial charge in [-0.1, -0.05) is 6.07 Å². The van der Waals surface area contributed by atoms with Crippen LogP contribution >= 0.6 is 0 Å². The third-order valence-electron chi connectivity index (χ3n) is 1.52. The number of halogens is 2. The molecule has 3 heteroatoms. The Kier molecular flexibility index (Phi) is 2.41. The molecule has 0 amide bonds. The highest BCUT2D eigenvalue weighted by atomic mass is 19.1. The van der Waals surface area contributed by atoms with Crippen LogP contribution in [0.15, 0.2) is 18.2 Å². The molecule has 0 fully saturated rings. The zero-order valence-corrected chi connectivity index (χ0v) is 6.20. The minimum Gasteiger partial charge on any atom is -0.388 e. The van der Waals surface area contributed by atoms with Gasteiger partial charge in [0.2, 0.25) is 0 Å². The van der Waals surface area contributed by atoms with Gasteiger partial charge in [-0.15, -0.1) is 0 Å². The maximum atomic E-state index is 12.8. The largest absolute Gasteiger partial charge is 0.388 e. The van der Waals surface area contributed by atoms with Gasteiger partial charge in [-0.3, -0.25) is 0 Å². The molecule has 1 N–H and O–H groups in total. The van der Waals surface area contributed by atoms with Gasteiger partial charge in [-0.2, -0.15) is 0 Å². The number of alkyl halides is 1. The first-order chi connectivity index (χ1) is 5.29. The number of hydrogen-bond donors (Lipinski definition) is 1. The molecule has 1 rings (SSSR count). The second-order valence-corrected chi connectivity index (χ2v) is 2.15. The van der Waals surface area contributed by atoms with Gasteiger partial charge in [0.1, 0.15) is 12.5 Å². The van der Waals surface area contributed by atoms with Crippen LogP contribution in [0.4, 0.5) is 14.5 Å². The number of rotatable bonds is 2. The molecule has 0 spiro atoms. The van der Waals surface area contributed by atoms with Crippen LogP contribution in [0.25, 0.3) is 0 Å². The van der Waals surface area contributed by atoms with E-state index in [1.54, 1.807) is 19.2 Å². The zero-order valence-electron chi connectivity index (χ0n) is 6.20. The first-order valence-electron chi connectivity index (χ1n) is 3.30. The van der Waals surface area contributed by atoms with Crippen LogP contribution in [0.2, 0.25) is 0 Å². The van der Waals surface area contributed by atoms with E-state index >= 15 is 0 Å². The molecule has 11 heavy (non-hydrogen) atoms. The first kappa shape index (κ1) is 7.98. The lowest BCUT2D eigenvalue weighted by atomic mass is 10.2. The molecule has 0 saturated heterocycles. The van der Waals surface area contributed by atoms with Crippen LogP contribution in [0.3, 0.4) is 0 Å². The van der Waals surface area contributed by atoms with E-state index in [-0.39, 0.29) is 5.56 Å². The Hall–Kier alpha value is -1.12. The van der Waals surface area contributed by atoms with Gasteiger partial charge in [0, 0.05) is 18.3 Å². The van der Waals surface area contributed by atoms with Gasteiger partial charge in [0.05, 0.1) is 0 Å². The summed E-state index contributed by atoms with van der Waals surface area (Å²) in [6.45, 7) is -0.775. The summed E-state index contributed by atoms with van der Waals surface area (Å²) in [6, 6.07) is 4.42. The summed E-state index contributed by atoms with van der Waals surface area (Å²) in [6.07, 6.45) is 0. The van der Waals surface area contributed by atoms with Crippen LogP contribution in [0.5, 0.6) is 0 Å². The molecule has 0 unspecified atom stereocenters. The molecule has 1 aromatic rings. The van der Waals surface area contributed by atoms with Crippen molar-refractivity contribution >= 4 is 5.69 Å². The fourth-order valence-electron chi connectivity index (χ4n) is 0.929. The van der Waals surface area contributed by atoms with Crippen molar-refractivity contribution in [1.29, 1.82) is 0 Å². The highest BCUT2D eigenvalue weighted by Gasteiger charge is 2.05. The summed E-state index contributed by atoms with van der Waals surface area (Å²) >= 11 is 0. The van der Waals surface area contributed by atoms with Gasteiger partial charge < -0.3 is 5.32 Å². The van der Waals surface area contributed by atoms with Crippen molar-refractivity contribution in [2.45, 2.75) is 6.67 Å². The number of anilines is 1. The molecule has 0 heterocycles. The Balaban J connectivity index is 3.13. The van der Waals surface area contributed by atoms with E-state index < -0.39 is 12.5 Å². The molecule has 0 radical (unpaired) electrons. The van der Waals surface area contributed by atoms with E-state index in [0.717, 1.165) is 0 Å². The van der Waals surface area contributed by atoms with Gasteiger partial charge in [0.15, 0.2) is 0 Å². The fraction of sp³-hybridized carbons (Fsp3) is 0.250. The average molecular weight is 157 g/mol. The summed E-state index contributed by atoms with van der Waals surface area (Å²) in [5.74, 6) is -0.501. The Morgan fingerprint density at radius 3 is 2.64 bits per heavy atom. The second kappa shape index (κ2) is 3.32. The molecule has 0 atom stereocenters. The lowest BCUT2D eigenvalue weighted by Crippen LogP contribution is -1.96. The summed E-state index contributed by atoms with van der Waals surface area (Å²) in [4.78, 5) is 0. The van der Waals surface area contributed by atoms with Gasteiger partial charge >= 0.3 is 0 Å². The van der Waals surface area contributed by atoms with E-state index in [9.17, 15) is 8.78 Å². The van der Waals surface area contributed by atoms with Crippen molar-refractivity contribution in [3.05, 3.63) is 29.6 Å². The smallest absolute Gasteiger partial charge is 0.131 e. The quantitative estimate of drug-likeness (QED) is 0.694. The predicted molar refractivity (Wildman–Crippen MR) is 40.8 cm³/mol. The lowest BCUT2D eigenvalue weighted by molar-refractivity contribution is 0.465. The van der Waals surface area contributed by atoms with Crippen molar-refractivity contribution in [3.8, 4) is 0 Å². The summed E-state index contributed by atoms with van der Waals surface area (Å²) in [5.41, 5.74) is 0.600. The molecule has 60 valence electrons. The Bertz CT molecular complexity index is 248. The Morgan fingerprint density at radius 1 is 1.45 bits per heavy atom. The van der Waals surface area contributed by atoms with Crippen LogP contribution in [-0.4, -0.2) is 7.05 Å². The standard InChI is InChI=1S/C8H9F2N/c1-11-8-4-2-3-7(10)6(8)5-9/h2-4,11H,5H2,1H3. The highest BCUT2D eigenvalue weighted by molar-refractivity contribution is 5.50. The molecule has 1 aromatic carbocycles. The number of hydrogen-bond acceptors (Lipinski definition) is 1. The van der Waals surface area contributed by atoms with Crippen LogP contribution < -0.4 is 5.32 Å². The summed E-state index contributed by atoms with van der Waals surface area (Å²) in [5, 5.41) is 2.71. The van der Waals surface area contributed by atoms with E-state index in [2.05, 4.69) is 5.32 Å². The van der Waals surface area contributed by atoms with E-state index in [1.165, 1.54) is 6.07 Å². The SMILES string of the molecule is CNc1cccc(F)c1CF. The maximum Gasteiger partial charge on any atom is 0.131 e. The summed E-state index contributed by atoms with van der Waals surface area (Å²) < 4.78 is 24.9. The lowest BCUT2D eigenvalue weighted by Gasteiger charge is -2.05. The fourth-order valence-corrected chi connectivity index (χ4v) is 0.929. The predicted octanol–water partition coefficient (Wildman–Crippen LogP) is 2.34. The average Bonchev–Trinajstić information content (AvgIpc) is 2.04. The molecule has 0 saturated carbocycles. The van der Waals surface area contributed by atoms with Crippen LogP contribution in [0, 0.1) is 5.82 Å². The number of benzene rings is 1. The summed E-state index contributed by atoms with van der Waals surface area (Å²) in [7, 11) is 1.63. The monoisotopic (exact) mass is 157 g/mol. The molecule has 1 nitrogen and oxygen atoms in total. The first-order valence-corrected chi connectivity index (χ1v) is 3.30. The zero-order chi connectivity index (χ0) is 8.27. The van der Waals surface area contributed by atoms with Crippen molar-refractivity contribution in [1.82, 2.24) is 0 Å². The second-order valence-electron chi connectivity index (χ2n) is 2.15. The molecule has 0 bridgehead atoms. The van der Waals surface area contributed by atoms with Crippen LogP contribution in [-0.2, 0) is 6.67 Å². The topological polar surface area (TPSA) is 12.0 Å². The van der Waals surface area contributed by atoms with Gasteiger partial charge in [-0.25, -0.2) is 8.78 Å². The molecule has 0 aliphatic rings. The number of nitrogens with one attached hydrogen (secondary N) is 1. The minimum absolute atomic E-state index is 0.0926. The van der Waals surface area contributed by atoms with E-state index in [4.69, 9.17) is 0 Å². The normalized spacial score (nSPS) is 9.73. The van der Waals surface area contributed by atoms with Crippen molar-refractivity contribution in [2.75, 3.05) is 12.4 Å². The third kappa shape index (κ3) is 1.48. The van der Waals surface area contributed by atoms with Crippen molar-refractivity contribution < 1.29 is 8.78 Å². The van der Waals surface area contributed by atoms with Gasteiger partial charge in [0.25, 0.3) is 0 Å². The molecule has 0 aromatic heterocycles. The van der Waals surface area contributed by atoms with E-state index in [1.807, 2.05) is 0 Å². The third-order valence-corrected chi connectivity index (χ3v) is 1.52. The van der Waals surface area contributed by atoms with Gasteiger partial charge in [-0.05, 0) is 12.1 Å². The molecule has 0 aliphatic carbocycles. The maximum absolute atomic E-state index is 12.8. The Morgan fingerprint density at radius 2 is 2.18 bits per heavy atom. The Labute approximate surface area is 64.0 Å². The van der Waals surface area contributed by atoms with Crippen LogP contribution in [0.1, 0.15) is 5.56 Å². The van der Waals surface area contributed by atoms with E-state index in [0.29, 0.717) is 5.69 Å². The minimum atomic E-state index is -0.775. The molecule has 0 aliphatic heterocycles. The molecular formula is C8H9F2N. The van der Waals surface area contributed by atoms with Crippen molar-refractivity contribution in [2.24, 2.45) is 0 Å². The highest BCUT2D eigenvalue weighted by Crippen LogP contribution is 2.18. The molecular weight excluding hydrogens is 148 g/mol. The van der Waals surface area contributed by atoms with Crippen molar-refractivity contribution in [3.63, 3.8) is 0 Å².